The van der Waals surface area contributed by atoms with E-state index in [1.807, 2.05) is 11.0 Å². The second-order valence-electron chi connectivity index (χ2n) is 10.6. The Kier molecular flexibility index (Phi) is 9.75. The first-order chi connectivity index (χ1) is 17.5. The average Bonchev–Trinajstić information content (AvgIpc) is 3.29. The van der Waals surface area contributed by atoms with Crippen molar-refractivity contribution in [3.8, 4) is 0 Å². The maximum atomic E-state index is 13.7. The molecular formula is C27H39Cl2N5O3. The number of likely N-dealkylation sites (tertiary alicyclic amines) is 2. The lowest BCUT2D eigenvalue weighted by molar-refractivity contribution is -0.135. The first kappa shape index (κ1) is 28.2. The van der Waals surface area contributed by atoms with Crippen LogP contribution in [0.15, 0.2) is 24.4 Å². The molecule has 1 aromatic carbocycles. The van der Waals surface area contributed by atoms with Gasteiger partial charge in [0.25, 0.3) is 5.91 Å². The number of halogens is 2. The van der Waals surface area contributed by atoms with Crippen LogP contribution in [-0.2, 0) is 9.53 Å². The topological polar surface area (TPSA) is 80.9 Å². The zero-order valence-corrected chi connectivity index (χ0v) is 23.2. The number of rotatable bonds is 6. The number of H-pyrrole nitrogens is 1. The molecule has 0 aliphatic carbocycles. The van der Waals surface area contributed by atoms with Gasteiger partial charge in [-0.05, 0) is 69.8 Å². The van der Waals surface area contributed by atoms with Crippen molar-refractivity contribution in [2.75, 3.05) is 66.1 Å². The summed E-state index contributed by atoms with van der Waals surface area (Å²) < 4.78 is 5.49. The Bertz CT molecular complexity index is 1060. The first-order valence-electron chi connectivity index (χ1n) is 13.3. The number of aromatic nitrogens is 1. The van der Waals surface area contributed by atoms with Crippen molar-refractivity contribution >= 4 is 46.7 Å². The molecule has 0 spiro atoms. The van der Waals surface area contributed by atoms with Gasteiger partial charge in [0, 0.05) is 55.4 Å². The highest BCUT2D eigenvalue weighted by molar-refractivity contribution is 6.35. The van der Waals surface area contributed by atoms with E-state index >= 15 is 0 Å². The van der Waals surface area contributed by atoms with Crippen molar-refractivity contribution < 1.29 is 14.3 Å². The molecule has 0 unspecified atom stereocenters. The van der Waals surface area contributed by atoms with Gasteiger partial charge in [0.2, 0.25) is 5.91 Å². The Labute approximate surface area is 230 Å². The fourth-order valence-corrected chi connectivity index (χ4v) is 6.23. The SMILES string of the molecule is CN1CCC(C2CCN(C(=O)[C@@H](CN3CCOCC3)NC(=O)c3ccc4c(Cl)c[nH]c4c3)CC2)CC1.Cl. The number of hydrogen-bond acceptors (Lipinski definition) is 5. The van der Waals surface area contributed by atoms with Crippen LogP contribution in [0.4, 0.5) is 0 Å². The molecule has 5 rings (SSSR count). The van der Waals surface area contributed by atoms with Gasteiger partial charge in [-0.15, -0.1) is 12.4 Å². The van der Waals surface area contributed by atoms with Gasteiger partial charge in [0.1, 0.15) is 6.04 Å². The predicted molar refractivity (Wildman–Crippen MR) is 149 cm³/mol. The number of fused-ring (bicyclic) bond motifs is 1. The lowest BCUT2D eigenvalue weighted by Gasteiger charge is -2.40. The van der Waals surface area contributed by atoms with Gasteiger partial charge in [-0.25, -0.2) is 0 Å². The van der Waals surface area contributed by atoms with E-state index in [9.17, 15) is 9.59 Å². The molecule has 204 valence electrons. The number of ether oxygens (including phenoxy) is 1. The Morgan fingerprint density at radius 1 is 1.05 bits per heavy atom. The standard InChI is InChI=1S/C27H38ClN5O3.ClH/c1-31-8-4-19(5-9-31)20-6-10-33(11-7-20)27(35)25(18-32-12-14-36-15-13-32)30-26(34)21-2-3-22-23(28)17-29-24(22)16-21;/h2-3,16-17,19-20,25,29H,4-15,18H2,1H3,(H,30,34);1H/t25-;/m1./s1. The fourth-order valence-electron chi connectivity index (χ4n) is 6.01. The largest absolute Gasteiger partial charge is 0.379 e. The summed E-state index contributed by atoms with van der Waals surface area (Å²) in [6.45, 7) is 7.25. The molecule has 0 saturated carbocycles. The number of benzene rings is 1. The minimum absolute atomic E-state index is 0. The van der Waals surface area contributed by atoms with Crippen LogP contribution >= 0.6 is 24.0 Å². The summed E-state index contributed by atoms with van der Waals surface area (Å²) in [5.41, 5.74) is 1.32. The quantitative estimate of drug-likeness (QED) is 0.576. The van der Waals surface area contributed by atoms with E-state index in [-0.39, 0.29) is 24.2 Å². The average molecular weight is 553 g/mol. The van der Waals surface area contributed by atoms with E-state index in [0.29, 0.717) is 36.3 Å². The highest BCUT2D eigenvalue weighted by atomic mass is 35.5. The second kappa shape index (κ2) is 12.8. The minimum Gasteiger partial charge on any atom is -0.379 e. The van der Waals surface area contributed by atoms with Crippen LogP contribution in [0.5, 0.6) is 0 Å². The van der Waals surface area contributed by atoms with E-state index < -0.39 is 6.04 Å². The number of amides is 2. The molecule has 3 aliphatic heterocycles. The summed E-state index contributed by atoms with van der Waals surface area (Å²) in [7, 11) is 2.20. The Morgan fingerprint density at radius 3 is 2.38 bits per heavy atom. The van der Waals surface area contributed by atoms with Crippen molar-refractivity contribution in [3.05, 3.63) is 35.0 Å². The highest BCUT2D eigenvalue weighted by Crippen LogP contribution is 2.32. The van der Waals surface area contributed by atoms with E-state index in [2.05, 4.69) is 27.1 Å². The van der Waals surface area contributed by atoms with Crippen LogP contribution in [0.3, 0.4) is 0 Å². The molecule has 2 N–H and O–H groups in total. The van der Waals surface area contributed by atoms with Gasteiger partial charge in [0.15, 0.2) is 0 Å². The molecule has 1 atom stereocenters. The fraction of sp³-hybridized carbons (Fsp3) is 0.630. The monoisotopic (exact) mass is 551 g/mol. The van der Waals surface area contributed by atoms with Crippen LogP contribution in [-0.4, -0.2) is 104 Å². The van der Waals surface area contributed by atoms with E-state index in [1.165, 1.54) is 25.9 Å². The molecule has 1 aromatic heterocycles. The molecule has 2 amide bonds. The summed E-state index contributed by atoms with van der Waals surface area (Å²) in [5, 5.41) is 4.57. The predicted octanol–water partition coefficient (Wildman–Crippen LogP) is 3.25. The Hall–Kier alpha value is -1.84. The molecule has 4 heterocycles. The van der Waals surface area contributed by atoms with Gasteiger partial charge < -0.3 is 24.8 Å². The van der Waals surface area contributed by atoms with Gasteiger partial charge in [-0.2, -0.15) is 0 Å². The summed E-state index contributed by atoms with van der Waals surface area (Å²) >= 11 is 6.19. The van der Waals surface area contributed by atoms with E-state index in [1.54, 1.807) is 18.3 Å². The number of carbonyl (C=O) groups is 2. The number of morpholine rings is 1. The van der Waals surface area contributed by atoms with Gasteiger partial charge in [0.05, 0.1) is 18.2 Å². The van der Waals surface area contributed by atoms with Crippen LogP contribution < -0.4 is 5.32 Å². The number of carbonyl (C=O) groups excluding carboxylic acids is 2. The van der Waals surface area contributed by atoms with Crippen LogP contribution in [0, 0.1) is 11.8 Å². The smallest absolute Gasteiger partial charge is 0.252 e. The second-order valence-corrected chi connectivity index (χ2v) is 11.0. The molecular weight excluding hydrogens is 513 g/mol. The number of hydrogen-bond donors (Lipinski definition) is 2. The normalized spacial score (nSPS) is 21.5. The zero-order valence-electron chi connectivity index (χ0n) is 21.6. The van der Waals surface area contributed by atoms with Crippen molar-refractivity contribution in [1.29, 1.82) is 0 Å². The zero-order chi connectivity index (χ0) is 25.1. The summed E-state index contributed by atoms with van der Waals surface area (Å²) in [5.74, 6) is 1.27. The number of piperidine rings is 2. The number of nitrogens with zero attached hydrogens (tertiary/aromatic N) is 3. The maximum absolute atomic E-state index is 13.7. The molecule has 0 bridgehead atoms. The molecule has 2 aromatic rings. The molecule has 8 nitrogen and oxygen atoms in total. The van der Waals surface area contributed by atoms with Gasteiger partial charge >= 0.3 is 0 Å². The van der Waals surface area contributed by atoms with E-state index in [0.717, 1.165) is 55.8 Å². The molecule has 10 heteroatoms. The van der Waals surface area contributed by atoms with Crippen LogP contribution in [0.1, 0.15) is 36.0 Å². The lowest BCUT2D eigenvalue weighted by atomic mass is 9.79. The molecule has 3 fully saturated rings. The van der Waals surface area contributed by atoms with Gasteiger partial charge in [-0.3, -0.25) is 14.5 Å². The lowest BCUT2D eigenvalue weighted by Crippen LogP contribution is -2.56. The van der Waals surface area contributed by atoms with Crippen molar-refractivity contribution in [2.45, 2.75) is 31.7 Å². The van der Waals surface area contributed by atoms with E-state index in [4.69, 9.17) is 16.3 Å². The minimum atomic E-state index is -0.585. The van der Waals surface area contributed by atoms with Crippen molar-refractivity contribution in [3.63, 3.8) is 0 Å². The summed E-state index contributed by atoms with van der Waals surface area (Å²) in [6, 6.07) is 4.81. The molecule has 3 saturated heterocycles. The number of aromatic amines is 1. The summed E-state index contributed by atoms with van der Waals surface area (Å²) in [4.78, 5) is 36.6. The molecule has 37 heavy (non-hydrogen) atoms. The third-order valence-electron chi connectivity index (χ3n) is 8.32. The number of nitrogens with one attached hydrogen (secondary N) is 2. The van der Waals surface area contributed by atoms with Crippen molar-refractivity contribution in [1.82, 2.24) is 25.0 Å². The van der Waals surface area contributed by atoms with Crippen molar-refractivity contribution in [2.24, 2.45) is 11.8 Å². The first-order valence-corrected chi connectivity index (χ1v) is 13.7. The Balaban J connectivity index is 0.00000320. The van der Waals surface area contributed by atoms with Crippen LogP contribution in [0.2, 0.25) is 5.02 Å². The Morgan fingerprint density at radius 2 is 1.70 bits per heavy atom. The molecule has 3 aliphatic rings. The third kappa shape index (κ3) is 6.79. The maximum Gasteiger partial charge on any atom is 0.252 e. The van der Waals surface area contributed by atoms with Gasteiger partial charge in [-0.1, -0.05) is 17.7 Å². The highest BCUT2D eigenvalue weighted by Gasteiger charge is 2.34. The third-order valence-corrected chi connectivity index (χ3v) is 8.64. The van der Waals surface area contributed by atoms with Crippen LogP contribution in [0.25, 0.3) is 10.9 Å². The summed E-state index contributed by atoms with van der Waals surface area (Å²) in [6.07, 6.45) is 6.36. The molecule has 0 radical (unpaired) electrons.